The molecule has 20 heavy (non-hydrogen) atoms. The highest BCUT2D eigenvalue weighted by molar-refractivity contribution is 7.94. The third-order valence-electron chi connectivity index (χ3n) is 2.58. The van der Waals surface area contributed by atoms with E-state index in [1.807, 2.05) is 0 Å². The predicted molar refractivity (Wildman–Crippen MR) is 75.7 cm³/mol. The molecule has 6 nitrogen and oxygen atoms in total. The van der Waals surface area contributed by atoms with Gasteiger partial charge in [0.15, 0.2) is 5.82 Å². The van der Waals surface area contributed by atoms with Crippen molar-refractivity contribution in [3.63, 3.8) is 0 Å². The Morgan fingerprint density at radius 3 is 2.70 bits per heavy atom. The summed E-state index contributed by atoms with van der Waals surface area (Å²) in [7, 11) is -3.79. The van der Waals surface area contributed by atoms with Crippen molar-refractivity contribution in [2.24, 2.45) is 0 Å². The van der Waals surface area contributed by atoms with E-state index in [0.29, 0.717) is 0 Å². The summed E-state index contributed by atoms with van der Waals surface area (Å²) in [6.07, 6.45) is 1.37. The maximum absolute atomic E-state index is 12.5. The number of aromatic nitrogens is 1. The van der Waals surface area contributed by atoms with Crippen molar-refractivity contribution < 1.29 is 18.3 Å². The lowest BCUT2D eigenvalue weighted by molar-refractivity contribution is 0.0697. The molecule has 0 aromatic carbocycles. The van der Waals surface area contributed by atoms with E-state index in [1.54, 1.807) is 18.4 Å². The minimum absolute atomic E-state index is 0.0732. The standard InChI is InChI=1S/C12H12N2O4S2/c1-2-14(20(17,18)10-6-4-8-19-10)11-9(12(15)16)5-3-7-13-11/h3-8H,2H2,1H3,(H,15,16). The number of rotatable bonds is 5. The van der Waals surface area contributed by atoms with Crippen molar-refractivity contribution >= 4 is 33.1 Å². The van der Waals surface area contributed by atoms with Crippen LogP contribution >= 0.6 is 11.3 Å². The molecule has 0 amide bonds. The number of sulfonamides is 1. The van der Waals surface area contributed by atoms with E-state index in [9.17, 15) is 13.2 Å². The molecule has 0 aliphatic carbocycles. The smallest absolute Gasteiger partial charge is 0.339 e. The summed E-state index contributed by atoms with van der Waals surface area (Å²) in [4.78, 5) is 15.1. The van der Waals surface area contributed by atoms with Crippen LogP contribution < -0.4 is 4.31 Å². The first-order valence-corrected chi connectivity index (χ1v) is 8.05. The first kappa shape index (κ1) is 14.5. The average molecular weight is 312 g/mol. The molecular formula is C12H12N2O4S2. The van der Waals surface area contributed by atoms with E-state index in [2.05, 4.69) is 4.98 Å². The van der Waals surface area contributed by atoms with Crippen LogP contribution in [0.5, 0.6) is 0 Å². The number of hydrogen-bond donors (Lipinski definition) is 1. The zero-order valence-electron chi connectivity index (χ0n) is 10.6. The molecule has 0 spiro atoms. The SMILES string of the molecule is CCN(c1ncccc1C(=O)O)S(=O)(=O)c1cccs1. The maximum atomic E-state index is 12.5. The van der Waals surface area contributed by atoms with Crippen LogP contribution in [0.25, 0.3) is 0 Å². The number of aromatic carboxylic acids is 1. The molecule has 2 aromatic rings. The second kappa shape index (κ2) is 5.59. The van der Waals surface area contributed by atoms with Crippen molar-refractivity contribution in [3.05, 3.63) is 41.4 Å². The highest BCUT2D eigenvalue weighted by Crippen LogP contribution is 2.27. The average Bonchev–Trinajstić information content (AvgIpc) is 2.94. The molecule has 0 bridgehead atoms. The van der Waals surface area contributed by atoms with Crippen LogP contribution in [-0.2, 0) is 10.0 Å². The van der Waals surface area contributed by atoms with Gasteiger partial charge in [0, 0.05) is 12.7 Å². The van der Waals surface area contributed by atoms with Crippen LogP contribution in [0.15, 0.2) is 40.1 Å². The summed E-state index contributed by atoms with van der Waals surface area (Å²) >= 11 is 1.08. The second-order valence-electron chi connectivity index (χ2n) is 3.78. The van der Waals surface area contributed by atoms with Crippen LogP contribution in [0.4, 0.5) is 5.82 Å². The molecule has 0 atom stereocenters. The van der Waals surface area contributed by atoms with E-state index in [1.165, 1.54) is 24.4 Å². The lowest BCUT2D eigenvalue weighted by atomic mass is 10.2. The molecule has 2 aromatic heterocycles. The molecule has 0 fully saturated rings. The molecule has 0 radical (unpaired) electrons. The number of anilines is 1. The van der Waals surface area contributed by atoms with E-state index in [0.717, 1.165) is 15.6 Å². The van der Waals surface area contributed by atoms with E-state index >= 15 is 0 Å². The van der Waals surface area contributed by atoms with Gasteiger partial charge < -0.3 is 5.11 Å². The number of carboxylic acids is 1. The topological polar surface area (TPSA) is 87.6 Å². The third kappa shape index (κ3) is 2.52. The van der Waals surface area contributed by atoms with Crippen molar-refractivity contribution in [1.82, 2.24) is 4.98 Å². The molecule has 0 aliphatic rings. The molecular weight excluding hydrogens is 300 g/mol. The molecule has 1 N–H and O–H groups in total. The Morgan fingerprint density at radius 2 is 2.15 bits per heavy atom. The fourth-order valence-electron chi connectivity index (χ4n) is 1.72. The lowest BCUT2D eigenvalue weighted by Gasteiger charge is -2.22. The molecule has 0 aliphatic heterocycles. The van der Waals surface area contributed by atoms with Crippen LogP contribution in [0.3, 0.4) is 0 Å². The fourth-order valence-corrected chi connectivity index (χ4v) is 4.27. The monoisotopic (exact) mass is 312 g/mol. The van der Waals surface area contributed by atoms with Crippen molar-refractivity contribution in [3.8, 4) is 0 Å². The van der Waals surface area contributed by atoms with E-state index in [-0.39, 0.29) is 22.1 Å². The third-order valence-corrected chi connectivity index (χ3v) is 5.82. The quantitative estimate of drug-likeness (QED) is 0.913. The minimum Gasteiger partial charge on any atom is -0.478 e. The summed E-state index contributed by atoms with van der Waals surface area (Å²) in [5, 5.41) is 10.8. The number of nitrogens with zero attached hydrogens (tertiary/aromatic N) is 2. The molecule has 0 saturated carbocycles. The van der Waals surface area contributed by atoms with Crippen molar-refractivity contribution in [1.29, 1.82) is 0 Å². The van der Waals surface area contributed by atoms with Gasteiger partial charge in [0.2, 0.25) is 0 Å². The zero-order valence-corrected chi connectivity index (χ0v) is 12.2. The van der Waals surface area contributed by atoms with Crippen molar-refractivity contribution in [2.75, 3.05) is 10.8 Å². The van der Waals surface area contributed by atoms with Crippen LogP contribution in [-0.4, -0.2) is 31.0 Å². The highest BCUT2D eigenvalue weighted by Gasteiger charge is 2.28. The van der Waals surface area contributed by atoms with Gasteiger partial charge in [0.05, 0.1) is 0 Å². The van der Waals surface area contributed by atoms with Gasteiger partial charge in [-0.05, 0) is 30.5 Å². The van der Waals surface area contributed by atoms with Gasteiger partial charge in [-0.2, -0.15) is 0 Å². The molecule has 0 unspecified atom stereocenters. The minimum atomic E-state index is -3.79. The predicted octanol–water partition coefficient (Wildman–Crippen LogP) is 2.06. The van der Waals surface area contributed by atoms with Gasteiger partial charge in [-0.3, -0.25) is 0 Å². The molecule has 0 saturated heterocycles. The summed E-state index contributed by atoms with van der Waals surface area (Å²) in [6.45, 7) is 1.73. The van der Waals surface area contributed by atoms with Gasteiger partial charge in [-0.1, -0.05) is 6.07 Å². The molecule has 8 heteroatoms. The van der Waals surface area contributed by atoms with Crippen LogP contribution in [0, 0.1) is 0 Å². The Balaban J connectivity index is 2.57. The first-order chi connectivity index (χ1) is 9.48. The summed E-state index contributed by atoms with van der Waals surface area (Å²) in [5.41, 5.74) is -0.144. The van der Waals surface area contributed by atoms with Gasteiger partial charge in [0.1, 0.15) is 9.77 Å². The number of pyridine rings is 1. The Labute approximate surface area is 120 Å². The number of carbonyl (C=O) groups is 1. The lowest BCUT2D eigenvalue weighted by Crippen LogP contribution is -2.32. The van der Waals surface area contributed by atoms with Gasteiger partial charge >= 0.3 is 5.97 Å². The molecule has 2 heterocycles. The Kier molecular flexibility index (Phi) is 4.05. The largest absolute Gasteiger partial charge is 0.478 e. The second-order valence-corrected chi connectivity index (χ2v) is 6.82. The van der Waals surface area contributed by atoms with Gasteiger partial charge in [-0.25, -0.2) is 22.5 Å². The Morgan fingerprint density at radius 1 is 1.40 bits per heavy atom. The highest BCUT2D eigenvalue weighted by atomic mass is 32.2. The van der Waals surface area contributed by atoms with Crippen LogP contribution in [0.1, 0.15) is 17.3 Å². The maximum Gasteiger partial charge on any atom is 0.339 e. The zero-order chi connectivity index (χ0) is 14.8. The van der Waals surface area contributed by atoms with Gasteiger partial charge in [0.25, 0.3) is 10.0 Å². The first-order valence-electron chi connectivity index (χ1n) is 5.73. The van der Waals surface area contributed by atoms with E-state index in [4.69, 9.17) is 5.11 Å². The Bertz CT molecular complexity index is 711. The number of hydrogen-bond acceptors (Lipinski definition) is 5. The molecule has 2 rings (SSSR count). The van der Waals surface area contributed by atoms with E-state index < -0.39 is 16.0 Å². The normalized spacial score (nSPS) is 11.2. The van der Waals surface area contributed by atoms with Crippen LogP contribution in [0.2, 0.25) is 0 Å². The Hall–Kier alpha value is -1.93. The molecule has 106 valence electrons. The summed E-state index contributed by atoms with van der Waals surface area (Å²) in [6, 6.07) is 5.89. The summed E-state index contributed by atoms with van der Waals surface area (Å²) < 4.78 is 26.2. The summed E-state index contributed by atoms with van der Waals surface area (Å²) in [5.74, 6) is -1.29. The van der Waals surface area contributed by atoms with Gasteiger partial charge in [-0.15, -0.1) is 11.3 Å². The number of thiophene rings is 1. The number of carboxylic acid groups (broad SMARTS) is 1. The fraction of sp³-hybridized carbons (Fsp3) is 0.167. The van der Waals surface area contributed by atoms with Crippen molar-refractivity contribution in [2.45, 2.75) is 11.1 Å².